The average molecular weight is 313 g/mol. The van der Waals surface area contributed by atoms with Gasteiger partial charge in [-0.3, -0.25) is 4.79 Å². The molecule has 0 spiro atoms. The number of carbonyl (C=O) groups is 1. The summed E-state index contributed by atoms with van der Waals surface area (Å²) in [6, 6.07) is 9.76. The average Bonchev–Trinajstić information content (AvgIpc) is 3.07. The number of nitrogens with one attached hydrogen (secondary N) is 1. The van der Waals surface area contributed by atoms with Gasteiger partial charge in [0.05, 0.1) is 12.1 Å². The monoisotopic (exact) mass is 313 g/mol. The van der Waals surface area contributed by atoms with Crippen molar-refractivity contribution in [1.29, 1.82) is 0 Å². The normalized spacial score (nSPS) is 10.6. The molecule has 0 atom stereocenters. The van der Waals surface area contributed by atoms with Crippen LogP contribution < -0.4 is 5.32 Å². The molecule has 1 N–H and O–H groups in total. The third kappa shape index (κ3) is 3.23. The second kappa shape index (κ2) is 6.11. The third-order valence-electron chi connectivity index (χ3n) is 3.11. The maximum Gasteiger partial charge on any atom is 0.270 e. The Morgan fingerprint density at radius 2 is 2.18 bits per heavy atom. The van der Waals surface area contributed by atoms with Gasteiger partial charge in [-0.2, -0.15) is 4.98 Å². The van der Waals surface area contributed by atoms with Gasteiger partial charge in [-0.05, 0) is 30.9 Å². The molecule has 0 aliphatic heterocycles. The molecule has 0 bridgehead atoms. The molecule has 1 amide bonds. The van der Waals surface area contributed by atoms with Crippen molar-refractivity contribution in [3.8, 4) is 10.8 Å². The van der Waals surface area contributed by atoms with Gasteiger partial charge in [0.25, 0.3) is 5.89 Å². The maximum absolute atomic E-state index is 12.2. The fourth-order valence-electron chi connectivity index (χ4n) is 2.16. The van der Waals surface area contributed by atoms with Crippen LogP contribution in [-0.2, 0) is 11.2 Å². The Morgan fingerprint density at radius 1 is 1.32 bits per heavy atom. The van der Waals surface area contributed by atoms with E-state index in [1.54, 1.807) is 6.92 Å². The molecule has 0 aliphatic carbocycles. The summed E-state index contributed by atoms with van der Waals surface area (Å²) in [5.74, 6) is 0.931. The summed E-state index contributed by atoms with van der Waals surface area (Å²) >= 11 is 1.46. The van der Waals surface area contributed by atoms with Gasteiger partial charge in [0, 0.05) is 0 Å². The van der Waals surface area contributed by atoms with Crippen molar-refractivity contribution in [2.45, 2.75) is 20.3 Å². The Balaban J connectivity index is 1.74. The first kappa shape index (κ1) is 14.5. The van der Waals surface area contributed by atoms with Gasteiger partial charge in [0.2, 0.25) is 5.91 Å². The van der Waals surface area contributed by atoms with Crippen molar-refractivity contribution in [1.82, 2.24) is 10.1 Å². The molecule has 3 aromatic rings. The number of aromatic nitrogens is 2. The molecule has 6 heteroatoms. The van der Waals surface area contributed by atoms with E-state index in [9.17, 15) is 4.79 Å². The van der Waals surface area contributed by atoms with Gasteiger partial charge >= 0.3 is 0 Å². The lowest BCUT2D eigenvalue weighted by Crippen LogP contribution is -2.14. The fraction of sp³-hybridized carbons (Fsp3) is 0.188. The molecule has 3 rings (SSSR count). The van der Waals surface area contributed by atoms with Crippen LogP contribution in [0.5, 0.6) is 0 Å². The van der Waals surface area contributed by atoms with E-state index < -0.39 is 0 Å². The smallest absolute Gasteiger partial charge is 0.270 e. The Bertz CT molecular complexity index is 807. The molecular weight excluding hydrogens is 298 g/mol. The molecule has 0 aliphatic rings. The lowest BCUT2D eigenvalue weighted by atomic mass is 10.1. The van der Waals surface area contributed by atoms with Crippen LogP contribution in [0.3, 0.4) is 0 Å². The zero-order valence-corrected chi connectivity index (χ0v) is 13.1. The van der Waals surface area contributed by atoms with Crippen LogP contribution in [0.2, 0.25) is 0 Å². The zero-order chi connectivity index (χ0) is 15.5. The summed E-state index contributed by atoms with van der Waals surface area (Å²) in [6.45, 7) is 3.77. The molecule has 112 valence electrons. The van der Waals surface area contributed by atoms with E-state index in [0.717, 1.165) is 16.0 Å². The van der Waals surface area contributed by atoms with Crippen molar-refractivity contribution in [2.75, 3.05) is 5.32 Å². The molecule has 0 saturated heterocycles. The van der Waals surface area contributed by atoms with E-state index in [0.29, 0.717) is 23.8 Å². The number of anilines is 1. The SMILES string of the molecule is Cc1cccc(CC(=O)Nc2ccsc2-c2nc(C)no2)c1. The van der Waals surface area contributed by atoms with E-state index in [4.69, 9.17) is 4.52 Å². The van der Waals surface area contributed by atoms with Crippen molar-refractivity contribution in [3.05, 3.63) is 52.7 Å². The van der Waals surface area contributed by atoms with Crippen molar-refractivity contribution in [3.63, 3.8) is 0 Å². The van der Waals surface area contributed by atoms with Gasteiger partial charge in [-0.15, -0.1) is 11.3 Å². The van der Waals surface area contributed by atoms with Crippen molar-refractivity contribution >= 4 is 22.9 Å². The summed E-state index contributed by atoms with van der Waals surface area (Å²) in [5.41, 5.74) is 2.83. The number of rotatable bonds is 4. The molecule has 0 fully saturated rings. The molecule has 2 aromatic heterocycles. The molecule has 5 nitrogen and oxygen atoms in total. The van der Waals surface area contributed by atoms with Crippen LogP contribution in [0.25, 0.3) is 10.8 Å². The molecule has 22 heavy (non-hydrogen) atoms. The van der Waals surface area contributed by atoms with Gasteiger partial charge in [0.1, 0.15) is 4.88 Å². The quantitative estimate of drug-likeness (QED) is 0.799. The van der Waals surface area contributed by atoms with Gasteiger partial charge in [0.15, 0.2) is 5.82 Å². The number of carbonyl (C=O) groups excluding carboxylic acids is 1. The molecule has 0 radical (unpaired) electrons. The Kier molecular flexibility index (Phi) is 4.02. The van der Waals surface area contributed by atoms with Gasteiger partial charge < -0.3 is 9.84 Å². The van der Waals surface area contributed by atoms with Crippen LogP contribution in [-0.4, -0.2) is 16.0 Å². The minimum Gasteiger partial charge on any atom is -0.333 e. The lowest BCUT2D eigenvalue weighted by Gasteiger charge is -2.05. The highest BCUT2D eigenvalue weighted by Gasteiger charge is 2.15. The van der Waals surface area contributed by atoms with Crippen molar-refractivity contribution < 1.29 is 9.32 Å². The highest BCUT2D eigenvalue weighted by molar-refractivity contribution is 7.14. The number of hydrogen-bond donors (Lipinski definition) is 1. The molecule has 1 aromatic carbocycles. The van der Waals surface area contributed by atoms with Gasteiger partial charge in [-0.1, -0.05) is 35.0 Å². The van der Waals surface area contributed by atoms with Crippen LogP contribution >= 0.6 is 11.3 Å². The van der Waals surface area contributed by atoms with Gasteiger partial charge in [-0.25, -0.2) is 0 Å². The third-order valence-corrected chi connectivity index (χ3v) is 4.01. The first-order chi connectivity index (χ1) is 10.6. The number of aryl methyl sites for hydroxylation is 2. The minimum atomic E-state index is -0.0681. The highest BCUT2D eigenvalue weighted by Crippen LogP contribution is 2.32. The van der Waals surface area contributed by atoms with E-state index in [-0.39, 0.29) is 5.91 Å². The first-order valence-electron chi connectivity index (χ1n) is 6.85. The largest absolute Gasteiger partial charge is 0.333 e. The van der Waals surface area contributed by atoms with Crippen LogP contribution in [0.15, 0.2) is 40.2 Å². The number of thiophene rings is 1. The molecule has 0 unspecified atom stereocenters. The van der Waals surface area contributed by atoms with E-state index in [1.165, 1.54) is 11.3 Å². The first-order valence-corrected chi connectivity index (χ1v) is 7.73. The van der Waals surface area contributed by atoms with E-state index in [1.807, 2.05) is 42.6 Å². The van der Waals surface area contributed by atoms with E-state index >= 15 is 0 Å². The second-order valence-corrected chi connectivity index (χ2v) is 5.94. The maximum atomic E-state index is 12.2. The zero-order valence-electron chi connectivity index (χ0n) is 12.3. The number of nitrogens with zero attached hydrogens (tertiary/aromatic N) is 2. The number of benzene rings is 1. The Hall–Kier alpha value is -2.47. The molecule has 2 heterocycles. The standard InChI is InChI=1S/C16H15N3O2S/c1-10-4-3-5-12(8-10)9-14(20)18-13-6-7-22-15(13)16-17-11(2)19-21-16/h3-8H,9H2,1-2H3,(H,18,20). The summed E-state index contributed by atoms with van der Waals surface area (Å²) < 4.78 is 5.16. The predicted octanol–water partition coefficient (Wildman–Crippen LogP) is 3.60. The van der Waals surface area contributed by atoms with E-state index in [2.05, 4.69) is 15.5 Å². The summed E-state index contributed by atoms with van der Waals surface area (Å²) in [5, 5.41) is 8.57. The Labute approximate surface area is 132 Å². The number of hydrogen-bond acceptors (Lipinski definition) is 5. The van der Waals surface area contributed by atoms with Crippen molar-refractivity contribution in [2.24, 2.45) is 0 Å². The van der Waals surface area contributed by atoms with Crippen LogP contribution in [0, 0.1) is 13.8 Å². The minimum absolute atomic E-state index is 0.0681. The van der Waals surface area contributed by atoms with Crippen LogP contribution in [0.1, 0.15) is 17.0 Å². The second-order valence-electron chi connectivity index (χ2n) is 5.02. The fourth-order valence-corrected chi connectivity index (χ4v) is 2.93. The highest BCUT2D eigenvalue weighted by atomic mass is 32.1. The summed E-state index contributed by atoms with van der Waals surface area (Å²) in [7, 11) is 0. The molecule has 0 saturated carbocycles. The molecular formula is C16H15N3O2S. The topological polar surface area (TPSA) is 68.0 Å². The lowest BCUT2D eigenvalue weighted by molar-refractivity contribution is -0.115. The predicted molar refractivity (Wildman–Crippen MR) is 85.9 cm³/mol. The Morgan fingerprint density at radius 3 is 2.91 bits per heavy atom. The number of amides is 1. The van der Waals surface area contributed by atoms with Crippen LogP contribution in [0.4, 0.5) is 5.69 Å². The summed E-state index contributed by atoms with van der Waals surface area (Å²) in [6.07, 6.45) is 0.333. The summed E-state index contributed by atoms with van der Waals surface area (Å²) in [4.78, 5) is 17.2.